The first-order valence-corrected chi connectivity index (χ1v) is 10.1. The van der Waals surface area contributed by atoms with Gasteiger partial charge in [0.25, 0.3) is 5.91 Å². The third kappa shape index (κ3) is 5.72. The molecule has 1 aliphatic heterocycles. The molecule has 2 aromatic rings. The van der Waals surface area contributed by atoms with E-state index in [0.29, 0.717) is 6.54 Å². The van der Waals surface area contributed by atoms with Crippen LogP contribution in [0.2, 0.25) is 0 Å². The highest BCUT2D eigenvalue weighted by Crippen LogP contribution is 2.18. The minimum atomic E-state index is 0. The molecule has 1 N–H and O–H groups in total. The summed E-state index contributed by atoms with van der Waals surface area (Å²) < 4.78 is 0. The van der Waals surface area contributed by atoms with Gasteiger partial charge in [-0.05, 0) is 49.1 Å². The summed E-state index contributed by atoms with van der Waals surface area (Å²) in [6.07, 6.45) is 1.04. The maximum Gasteiger partial charge on any atom is 0.253 e. The molecular weight excluding hydrogens is 475 g/mol. The van der Waals surface area contributed by atoms with Crippen LogP contribution in [0, 0.1) is 0 Å². The standard InChI is InChI=1S/C23H30N4O.HI/c1-4-26(5-2)22(28)20-12-10-18(11-13-20)16-25-23(24-3)27-15-14-19-8-6-7-9-21(19)17-27;/h6-13H,4-5,14-17H2,1-3H3,(H,24,25);1H. The molecule has 1 amide bonds. The van der Waals surface area contributed by atoms with Crippen molar-refractivity contribution < 1.29 is 4.79 Å². The number of hydrogen-bond acceptors (Lipinski definition) is 2. The Morgan fingerprint density at radius 2 is 1.72 bits per heavy atom. The number of rotatable bonds is 5. The fourth-order valence-electron chi connectivity index (χ4n) is 3.65. The monoisotopic (exact) mass is 506 g/mol. The molecule has 0 bridgehead atoms. The smallest absolute Gasteiger partial charge is 0.253 e. The highest BCUT2D eigenvalue weighted by Gasteiger charge is 2.18. The Hall–Kier alpha value is -2.09. The minimum absolute atomic E-state index is 0. The Bertz CT molecular complexity index is 831. The summed E-state index contributed by atoms with van der Waals surface area (Å²) in [5.74, 6) is 1.00. The maximum atomic E-state index is 12.4. The van der Waals surface area contributed by atoms with Gasteiger partial charge in [-0.25, -0.2) is 0 Å². The van der Waals surface area contributed by atoms with Crippen molar-refractivity contribution in [1.29, 1.82) is 0 Å². The number of nitrogens with one attached hydrogen (secondary N) is 1. The molecule has 0 spiro atoms. The number of carbonyl (C=O) groups excluding carboxylic acids is 1. The molecule has 0 aromatic heterocycles. The van der Waals surface area contributed by atoms with Crippen molar-refractivity contribution >= 4 is 35.8 Å². The van der Waals surface area contributed by atoms with Crippen LogP contribution in [0.1, 0.15) is 40.9 Å². The van der Waals surface area contributed by atoms with E-state index in [-0.39, 0.29) is 29.9 Å². The molecule has 2 aromatic carbocycles. The van der Waals surface area contributed by atoms with Gasteiger partial charge in [0.15, 0.2) is 5.96 Å². The van der Waals surface area contributed by atoms with Gasteiger partial charge in [-0.1, -0.05) is 36.4 Å². The van der Waals surface area contributed by atoms with Crippen molar-refractivity contribution in [3.63, 3.8) is 0 Å². The van der Waals surface area contributed by atoms with E-state index in [4.69, 9.17) is 0 Å². The normalized spacial score (nSPS) is 13.3. The first kappa shape index (κ1) is 23.2. The maximum absolute atomic E-state index is 12.4. The van der Waals surface area contributed by atoms with Crippen molar-refractivity contribution in [2.75, 3.05) is 26.7 Å². The van der Waals surface area contributed by atoms with E-state index < -0.39 is 0 Å². The van der Waals surface area contributed by atoms with Gasteiger partial charge in [0.2, 0.25) is 0 Å². The lowest BCUT2D eigenvalue weighted by molar-refractivity contribution is 0.0773. The van der Waals surface area contributed by atoms with Gasteiger partial charge in [0, 0.05) is 45.3 Å². The summed E-state index contributed by atoms with van der Waals surface area (Å²) in [5.41, 5.74) is 4.68. The van der Waals surface area contributed by atoms with E-state index in [1.807, 2.05) is 50.1 Å². The predicted molar refractivity (Wildman–Crippen MR) is 130 cm³/mol. The molecule has 156 valence electrons. The first-order chi connectivity index (χ1) is 13.7. The van der Waals surface area contributed by atoms with Crippen LogP contribution in [0.5, 0.6) is 0 Å². The van der Waals surface area contributed by atoms with Crippen molar-refractivity contribution in [2.45, 2.75) is 33.4 Å². The molecule has 0 aliphatic carbocycles. The number of nitrogens with zero attached hydrogens (tertiary/aromatic N) is 3. The third-order valence-corrected chi connectivity index (χ3v) is 5.34. The molecular formula is C23H31IN4O. The predicted octanol–water partition coefficient (Wildman–Crippen LogP) is 3.92. The van der Waals surface area contributed by atoms with Crippen molar-refractivity contribution in [1.82, 2.24) is 15.1 Å². The van der Waals surface area contributed by atoms with Crippen LogP contribution in [0.3, 0.4) is 0 Å². The largest absolute Gasteiger partial charge is 0.352 e. The number of fused-ring (bicyclic) bond motifs is 1. The summed E-state index contributed by atoms with van der Waals surface area (Å²) in [6, 6.07) is 16.5. The average Bonchev–Trinajstić information content (AvgIpc) is 2.75. The zero-order valence-corrected chi connectivity index (χ0v) is 19.8. The van der Waals surface area contributed by atoms with Gasteiger partial charge in [0.05, 0.1) is 0 Å². The highest BCUT2D eigenvalue weighted by atomic mass is 127. The number of aliphatic imine (C=N–C) groups is 1. The molecule has 1 heterocycles. The molecule has 29 heavy (non-hydrogen) atoms. The lowest BCUT2D eigenvalue weighted by Gasteiger charge is -2.31. The number of benzene rings is 2. The molecule has 5 nitrogen and oxygen atoms in total. The molecule has 1 aliphatic rings. The first-order valence-electron chi connectivity index (χ1n) is 10.1. The van der Waals surface area contributed by atoms with Crippen LogP contribution in [0.25, 0.3) is 0 Å². The molecule has 0 unspecified atom stereocenters. The lowest BCUT2D eigenvalue weighted by atomic mass is 10.0. The molecule has 0 atom stereocenters. The van der Waals surface area contributed by atoms with Crippen LogP contribution < -0.4 is 5.32 Å². The van der Waals surface area contributed by atoms with Gasteiger partial charge in [0.1, 0.15) is 0 Å². The van der Waals surface area contributed by atoms with Gasteiger partial charge in [-0.3, -0.25) is 9.79 Å². The van der Waals surface area contributed by atoms with Crippen LogP contribution in [-0.2, 0) is 19.5 Å². The van der Waals surface area contributed by atoms with Gasteiger partial charge in [-0.15, -0.1) is 24.0 Å². The fourth-order valence-corrected chi connectivity index (χ4v) is 3.65. The topological polar surface area (TPSA) is 47.9 Å². The SMILES string of the molecule is CCN(CC)C(=O)c1ccc(CNC(=NC)N2CCc3ccccc3C2)cc1.I. The van der Waals surface area contributed by atoms with Gasteiger partial charge in [-0.2, -0.15) is 0 Å². The van der Waals surface area contributed by atoms with E-state index in [0.717, 1.165) is 49.7 Å². The number of amides is 1. The molecule has 0 radical (unpaired) electrons. The summed E-state index contributed by atoms with van der Waals surface area (Å²) in [7, 11) is 1.83. The number of halogens is 1. The number of carbonyl (C=O) groups is 1. The van der Waals surface area contributed by atoms with Gasteiger partial charge >= 0.3 is 0 Å². The molecule has 6 heteroatoms. The molecule has 0 saturated heterocycles. The summed E-state index contributed by atoms with van der Waals surface area (Å²) in [6.45, 7) is 8.00. The zero-order chi connectivity index (χ0) is 19.9. The summed E-state index contributed by atoms with van der Waals surface area (Å²) in [5, 5.41) is 3.46. The van der Waals surface area contributed by atoms with E-state index in [2.05, 4.69) is 39.5 Å². The Balaban J connectivity index is 0.00000300. The minimum Gasteiger partial charge on any atom is -0.352 e. The third-order valence-electron chi connectivity index (χ3n) is 5.34. The molecule has 0 fully saturated rings. The number of guanidine groups is 1. The summed E-state index contributed by atoms with van der Waals surface area (Å²) >= 11 is 0. The fraction of sp³-hybridized carbons (Fsp3) is 0.391. The van der Waals surface area contributed by atoms with Crippen LogP contribution in [0.15, 0.2) is 53.5 Å². The van der Waals surface area contributed by atoms with Crippen molar-refractivity contribution in [3.8, 4) is 0 Å². The second kappa shape index (κ2) is 11.2. The molecule has 0 saturated carbocycles. The van der Waals surface area contributed by atoms with Crippen LogP contribution >= 0.6 is 24.0 Å². The average molecular weight is 506 g/mol. The van der Waals surface area contributed by atoms with E-state index in [1.165, 1.54) is 11.1 Å². The van der Waals surface area contributed by atoms with Crippen LogP contribution in [0.4, 0.5) is 0 Å². The lowest BCUT2D eigenvalue weighted by Crippen LogP contribution is -2.43. The van der Waals surface area contributed by atoms with Crippen molar-refractivity contribution in [2.24, 2.45) is 4.99 Å². The Morgan fingerprint density at radius 3 is 2.34 bits per heavy atom. The number of hydrogen-bond donors (Lipinski definition) is 1. The van der Waals surface area contributed by atoms with Gasteiger partial charge < -0.3 is 15.1 Å². The zero-order valence-electron chi connectivity index (χ0n) is 17.5. The van der Waals surface area contributed by atoms with E-state index in [9.17, 15) is 4.79 Å². The van der Waals surface area contributed by atoms with E-state index in [1.54, 1.807) is 0 Å². The summed E-state index contributed by atoms with van der Waals surface area (Å²) in [4.78, 5) is 21.0. The Kier molecular flexibility index (Phi) is 8.95. The second-order valence-electron chi connectivity index (χ2n) is 7.02. The second-order valence-corrected chi connectivity index (χ2v) is 7.02. The Morgan fingerprint density at radius 1 is 1.07 bits per heavy atom. The Labute approximate surface area is 191 Å². The van der Waals surface area contributed by atoms with Crippen molar-refractivity contribution in [3.05, 3.63) is 70.8 Å². The molecule has 3 rings (SSSR count). The highest BCUT2D eigenvalue weighted by molar-refractivity contribution is 14.0. The van der Waals surface area contributed by atoms with Crippen LogP contribution in [-0.4, -0.2) is 48.3 Å². The quantitative estimate of drug-likeness (QED) is 0.380. The van der Waals surface area contributed by atoms with E-state index >= 15 is 0 Å².